The van der Waals surface area contributed by atoms with Crippen molar-refractivity contribution in [3.63, 3.8) is 0 Å². The Hall–Kier alpha value is -4.93. The van der Waals surface area contributed by atoms with Crippen LogP contribution in [-0.4, -0.2) is 59.4 Å². The predicted molar refractivity (Wildman–Crippen MR) is 153 cm³/mol. The van der Waals surface area contributed by atoms with Gasteiger partial charge in [0.05, 0.1) is 30.8 Å². The third-order valence-corrected chi connectivity index (χ3v) is 7.22. The van der Waals surface area contributed by atoms with Crippen molar-refractivity contribution in [3.8, 4) is 11.1 Å². The summed E-state index contributed by atoms with van der Waals surface area (Å²) in [6.07, 6.45) is 1.36. The molecule has 0 saturated heterocycles. The Morgan fingerprint density at radius 2 is 1.43 bits per heavy atom. The first-order valence-electron chi connectivity index (χ1n) is 13.5. The van der Waals surface area contributed by atoms with E-state index in [1.165, 1.54) is 6.08 Å². The molecular weight excluding hydrogens is 545 g/mol. The van der Waals surface area contributed by atoms with Gasteiger partial charge in [0, 0.05) is 29.4 Å². The van der Waals surface area contributed by atoms with Crippen LogP contribution in [0.4, 0.5) is 8.63 Å². The third-order valence-electron chi connectivity index (χ3n) is 7.22. The molecule has 5 rings (SSSR count). The number of nitrogens with zero attached hydrogens (tertiary/aromatic N) is 2. The molecule has 8 nitrogen and oxygen atoms in total. The van der Waals surface area contributed by atoms with Crippen molar-refractivity contribution >= 4 is 48.8 Å². The second kappa shape index (κ2) is 11.5. The smallest absolute Gasteiger partial charge is 0.462 e. The molecule has 0 aliphatic carbocycles. The van der Waals surface area contributed by atoms with Crippen LogP contribution >= 0.6 is 0 Å². The monoisotopic (exact) mass is 572 g/mol. The van der Waals surface area contributed by atoms with Crippen LogP contribution < -0.4 is 0 Å². The molecule has 11 heteroatoms. The number of hydrogen-bond donors (Lipinski definition) is 0. The number of allylic oxidation sites excluding steroid dienone is 1. The Morgan fingerprint density at radius 1 is 0.857 bits per heavy atom. The van der Waals surface area contributed by atoms with E-state index in [1.807, 2.05) is 0 Å². The van der Waals surface area contributed by atoms with Gasteiger partial charge in [0.15, 0.2) is 11.4 Å². The first kappa shape index (κ1) is 28.6. The molecule has 0 bridgehead atoms. The number of carbonyl (C=O) groups is 4. The van der Waals surface area contributed by atoms with Crippen LogP contribution in [0.2, 0.25) is 0 Å². The second-order valence-electron chi connectivity index (χ2n) is 9.55. The van der Waals surface area contributed by atoms with Gasteiger partial charge in [0.1, 0.15) is 18.1 Å². The molecule has 0 atom stereocenters. The highest BCUT2D eigenvalue weighted by Gasteiger charge is 2.58. The van der Waals surface area contributed by atoms with Crippen molar-refractivity contribution in [2.75, 3.05) is 13.2 Å². The Morgan fingerprint density at radius 3 is 2.00 bits per heavy atom. The van der Waals surface area contributed by atoms with E-state index < -0.39 is 31.8 Å². The number of fused-ring (bicyclic) bond motifs is 2. The predicted octanol–water partition coefficient (Wildman–Crippen LogP) is 4.72. The van der Waals surface area contributed by atoms with Gasteiger partial charge in [-0.1, -0.05) is 60.7 Å². The average molecular weight is 572 g/mol. The Kier molecular flexibility index (Phi) is 7.84. The molecule has 1 aromatic heterocycles. The number of carbonyl (C=O) groups excluding carboxylic acids is 4. The molecule has 42 heavy (non-hydrogen) atoms. The van der Waals surface area contributed by atoms with Crippen LogP contribution in [-0.2, 0) is 30.3 Å². The van der Waals surface area contributed by atoms with Gasteiger partial charge in [-0.3, -0.25) is 0 Å². The number of aromatic nitrogens is 1. The Labute approximate surface area is 240 Å². The number of benzene rings is 2. The van der Waals surface area contributed by atoms with E-state index in [0.717, 1.165) is 0 Å². The zero-order chi connectivity index (χ0) is 30.0. The van der Waals surface area contributed by atoms with Crippen LogP contribution in [0.15, 0.2) is 71.9 Å². The van der Waals surface area contributed by atoms with Crippen molar-refractivity contribution in [2.24, 2.45) is 0 Å². The van der Waals surface area contributed by atoms with E-state index in [2.05, 4.69) is 0 Å². The zero-order valence-electron chi connectivity index (χ0n) is 23.0. The zero-order valence-corrected chi connectivity index (χ0v) is 23.0. The Balaban J connectivity index is 1.96. The first-order chi connectivity index (χ1) is 20.3. The topological polar surface area (TPSA) is 94.7 Å². The molecule has 0 radical (unpaired) electrons. The summed E-state index contributed by atoms with van der Waals surface area (Å²) in [5.74, 6) is -1.69. The molecule has 0 saturated carbocycles. The minimum absolute atomic E-state index is 0.0100. The molecule has 0 spiro atoms. The molecule has 3 aromatic rings. The lowest BCUT2D eigenvalue weighted by atomic mass is 9.87. The van der Waals surface area contributed by atoms with Crippen molar-refractivity contribution in [1.82, 2.24) is 4.48 Å². The maximum atomic E-state index is 17.1. The van der Waals surface area contributed by atoms with Gasteiger partial charge in [-0.25, -0.2) is 9.59 Å². The molecule has 214 valence electrons. The fraction of sp³-hybridized carbons (Fsp3) is 0.194. The van der Waals surface area contributed by atoms with E-state index in [9.17, 15) is 19.2 Å². The summed E-state index contributed by atoms with van der Waals surface area (Å²) >= 11 is 0. The van der Waals surface area contributed by atoms with Crippen LogP contribution in [0.5, 0.6) is 0 Å². The lowest BCUT2D eigenvalue weighted by Gasteiger charge is -2.31. The van der Waals surface area contributed by atoms with Gasteiger partial charge in [-0.15, -0.1) is 0 Å². The molecule has 2 aliphatic heterocycles. The van der Waals surface area contributed by atoms with E-state index in [0.29, 0.717) is 32.7 Å². The summed E-state index contributed by atoms with van der Waals surface area (Å²) in [7, 11) is 0. The maximum Gasteiger partial charge on any atom is 0.737 e. The van der Waals surface area contributed by atoms with Gasteiger partial charge in [-0.2, -0.15) is 0 Å². The number of hydrogen-bond acceptors (Lipinski definition) is 6. The maximum absolute atomic E-state index is 17.1. The highest BCUT2D eigenvalue weighted by atomic mass is 19.2. The van der Waals surface area contributed by atoms with E-state index in [4.69, 9.17) is 9.47 Å². The standard InChI is InChI=1S/C31H27BF2N2O6/c1-3-41-30(39)28-22(15-17-37)35-24(26(28)20-11-7-5-8-12-20)19-25-27(21-13-9-6-10-14-21)29(31(40)42-4-2)23(16-18-38)36(25)32(35,33)34/h5-14,17-19H,3-4,15-16H2,1-2H3. The minimum Gasteiger partial charge on any atom is -0.462 e. The molecule has 3 heterocycles. The molecule has 2 aromatic carbocycles. The van der Waals surface area contributed by atoms with E-state index >= 15 is 8.63 Å². The molecule has 0 N–H and O–H groups in total. The number of esters is 2. The molecule has 0 unspecified atom stereocenters. The number of ether oxygens (including phenoxy) is 2. The lowest BCUT2D eigenvalue weighted by molar-refractivity contribution is -0.360. The van der Waals surface area contributed by atoms with Crippen LogP contribution in [0.1, 0.15) is 47.6 Å². The summed E-state index contributed by atoms with van der Waals surface area (Å²) in [5, 5.41) is 0. The van der Waals surface area contributed by atoms with Crippen molar-refractivity contribution < 1.29 is 41.8 Å². The SMILES string of the molecule is CCOC(=O)C1=C(c2ccccc2)C2=Cc3c(-c4ccccc4)c(C(=O)OCC)c(CC=O)n3[B-](F)(F)[N+]2=C1CC=O. The fourth-order valence-electron chi connectivity index (χ4n) is 5.75. The largest absolute Gasteiger partial charge is 0.737 e. The van der Waals surface area contributed by atoms with Crippen LogP contribution in [0.3, 0.4) is 0 Å². The second-order valence-corrected chi connectivity index (χ2v) is 9.55. The Bertz CT molecular complexity index is 1690. The van der Waals surface area contributed by atoms with Crippen LogP contribution in [0, 0.1) is 0 Å². The minimum atomic E-state index is -4.86. The van der Waals surface area contributed by atoms with Crippen molar-refractivity contribution in [2.45, 2.75) is 26.7 Å². The van der Waals surface area contributed by atoms with Crippen LogP contribution in [0.25, 0.3) is 22.8 Å². The van der Waals surface area contributed by atoms with Gasteiger partial charge in [0.2, 0.25) is 0 Å². The molecule has 0 amide bonds. The fourth-order valence-corrected chi connectivity index (χ4v) is 5.75. The summed E-state index contributed by atoms with van der Waals surface area (Å²) in [6, 6.07) is 17.0. The van der Waals surface area contributed by atoms with Gasteiger partial charge < -0.3 is 36.7 Å². The van der Waals surface area contributed by atoms with Gasteiger partial charge in [-0.05, 0) is 25.0 Å². The lowest BCUT2D eigenvalue weighted by Crippen LogP contribution is -2.51. The number of halogens is 2. The summed E-state index contributed by atoms with van der Waals surface area (Å²) < 4.78 is 46.2. The summed E-state index contributed by atoms with van der Waals surface area (Å²) in [5.41, 5.74) is 0.483. The third kappa shape index (κ3) is 4.51. The highest BCUT2D eigenvalue weighted by molar-refractivity contribution is 6.59. The molecule has 0 fully saturated rings. The van der Waals surface area contributed by atoms with Gasteiger partial charge in [0.25, 0.3) is 0 Å². The quantitative estimate of drug-likeness (QED) is 0.198. The number of aldehydes is 2. The first-order valence-corrected chi connectivity index (χ1v) is 13.5. The molecule has 2 aliphatic rings. The highest BCUT2D eigenvalue weighted by Crippen LogP contribution is 2.47. The van der Waals surface area contributed by atoms with E-state index in [1.54, 1.807) is 74.5 Å². The van der Waals surface area contributed by atoms with Crippen molar-refractivity contribution in [3.05, 3.63) is 94.4 Å². The number of rotatable bonds is 10. The normalized spacial score (nSPS) is 15.1. The van der Waals surface area contributed by atoms with Gasteiger partial charge >= 0.3 is 18.9 Å². The summed E-state index contributed by atoms with van der Waals surface area (Å²) in [4.78, 5) is 50.3. The molecular formula is C31H27BF2N2O6. The van der Waals surface area contributed by atoms with Crippen molar-refractivity contribution in [1.29, 1.82) is 0 Å². The average Bonchev–Trinajstić information content (AvgIpc) is 3.49. The van der Waals surface area contributed by atoms with E-state index in [-0.39, 0.29) is 58.3 Å². The summed E-state index contributed by atoms with van der Waals surface area (Å²) in [6.45, 7) is -1.68.